The van der Waals surface area contributed by atoms with Gasteiger partial charge in [-0.15, -0.1) is 23.5 Å². The van der Waals surface area contributed by atoms with Gasteiger partial charge in [-0.3, -0.25) is 4.79 Å². The van der Waals surface area contributed by atoms with Gasteiger partial charge in [-0.25, -0.2) is 4.98 Å². The molecule has 1 aliphatic rings. The summed E-state index contributed by atoms with van der Waals surface area (Å²) >= 11 is 5.31. The first-order valence-electron chi connectivity index (χ1n) is 9.79. The average Bonchev–Trinajstić information content (AvgIpc) is 3.16. The predicted octanol–water partition coefficient (Wildman–Crippen LogP) is 5.48. The van der Waals surface area contributed by atoms with Crippen LogP contribution in [0.4, 0.5) is 5.13 Å². The van der Waals surface area contributed by atoms with Crippen LogP contribution >= 0.6 is 34.9 Å². The second-order valence-electron chi connectivity index (χ2n) is 7.30. The highest BCUT2D eigenvalue weighted by Gasteiger charge is 2.24. The smallest absolute Gasteiger partial charge is 0.253 e. The van der Waals surface area contributed by atoms with E-state index in [2.05, 4.69) is 55.3 Å². The van der Waals surface area contributed by atoms with Crippen LogP contribution in [0.1, 0.15) is 24.2 Å². The first-order chi connectivity index (χ1) is 14.0. The highest BCUT2D eigenvalue weighted by atomic mass is 32.2. The van der Waals surface area contributed by atoms with E-state index >= 15 is 0 Å². The standard InChI is InChI=1S/C22H25N3OS3/c1-15(2)28-17-6-4-16(5-7-17)21(26)24-10-12-25(13-11-24)22-23-19-9-8-18(27-3)14-20(19)29-22/h4-9,14-15H,10-13H2,1-3H3. The Labute approximate surface area is 184 Å². The number of hydrogen-bond acceptors (Lipinski definition) is 6. The molecule has 0 bridgehead atoms. The molecular formula is C22H25N3OS3. The average molecular weight is 444 g/mol. The van der Waals surface area contributed by atoms with Crippen LogP contribution in [0.3, 0.4) is 0 Å². The van der Waals surface area contributed by atoms with E-state index in [1.54, 1.807) is 23.1 Å². The largest absolute Gasteiger partial charge is 0.345 e. The van der Waals surface area contributed by atoms with Gasteiger partial charge in [0.25, 0.3) is 5.91 Å². The Bertz CT molecular complexity index is 992. The highest BCUT2D eigenvalue weighted by Crippen LogP contribution is 2.32. The number of carbonyl (C=O) groups excluding carboxylic acids is 1. The fourth-order valence-electron chi connectivity index (χ4n) is 3.39. The minimum atomic E-state index is 0.125. The van der Waals surface area contributed by atoms with Crippen molar-refractivity contribution < 1.29 is 4.79 Å². The summed E-state index contributed by atoms with van der Waals surface area (Å²) in [5, 5.41) is 1.60. The van der Waals surface area contributed by atoms with Crippen molar-refractivity contribution >= 4 is 56.1 Å². The maximum Gasteiger partial charge on any atom is 0.253 e. The number of piperazine rings is 1. The third-order valence-corrected chi connectivity index (χ3v) is 7.71. The summed E-state index contributed by atoms with van der Waals surface area (Å²) in [6.07, 6.45) is 2.09. The van der Waals surface area contributed by atoms with Gasteiger partial charge in [-0.05, 0) is 48.7 Å². The molecule has 1 amide bonds. The summed E-state index contributed by atoms with van der Waals surface area (Å²) in [7, 11) is 0. The fraction of sp³-hybridized carbons (Fsp3) is 0.364. The van der Waals surface area contributed by atoms with Crippen LogP contribution in [-0.2, 0) is 0 Å². The Hall–Kier alpha value is -1.70. The lowest BCUT2D eigenvalue weighted by Gasteiger charge is -2.34. The lowest BCUT2D eigenvalue weighted by Crippen LogP contribution is -2.48. The maximum atomic E-state index is 12.9. The maximum absolute atomic E-state index is 12.9. The van der Waals surface area contributed by atoms with Gasteiger partial charge in [0.1, 0.15) is 0 Å². The van der Waals surface area contributed by atoms with Crippen LogP contribution < -0.4 is 4.90 Å². The van der Waals surface area contributed by atoms with Gasteiger partial charge in [0.05, 0.1) is 10.2 Å². The van der Waals surface area contributed by atoms with E-state index in [0.717, 1.165) is 42.4 Å². The number of hydrogen-bond donors (Lipinski definition) is 0. The number of rotatable bonds is 5. The molecule has 3 aromatic rings. The Morgan fingerprint density at radius 3 is 2.38 bits per heavy atom. The molecule has 7 heteroatoms. The van der Waals surface area contributed by atoms with Gasteiger partial charge in [0, 0.05) is 46.8 Å². The number of aromatic nitrogens is 1. The zero-order chi connectivity index (χ0) is 20.4. The molecule has 4 rings (SSSR count). The number of nitrogens with zero attached hydrogens (tertiary/aromatic N) is 3. The molecule has 1 saturated heterocycles. The normalized spacial score (nSPS) is 14.8. The Morgan fingerprint density at radius 1 is 1.03 bits per heavy atom. The summed E-state index contributed by atoms with van der Waals surface area (Å²) in [6, 6.07) is 14.4. The van der Waals surface area contributed by atoms with Crippen molar-refractivity contribution in [2.75, 3.05) is 37.3 Å². The summed E-state index contributed by atoms with van der Waals surface area (Å²) in [4.78, 5) is 24.4. The Balaban J connectivity index is 1.39. The number of fused-ring (bicyclic) bond motifs is 1. The van der Waals surface area contributed by atoms with E-state index in [9.17, 15) is 4.79 Å². The molecule has 0 spiro atoms. The molecule has 0 radical (unpaired) electrons. The lowest BCUT2D eigenvalue weighted by atomic mass is 10.2. The molecule has 0 atom stereocenters. The SMILES string of the molecule is CSc1ccc2nc(N3CCN(C(=O)c4ccc(SC(C)C)cc4)CC3)sc2c1. The van der Waals surface area contributed by atoms with Crippen molar-refractivity contribution in [1.82, 2.24) is 9.88 Å². The van der Waals surface area contributed by atoms with E-state index in [1.807, 2.05) is 28.8 Å². The topological polar surface area (TPSA) is 36.4 Å². The molecule has 4 nitrogen and oxygen atoms in total. The number of benzene rings is 2. The summed E-state index contributed by atoms with van der Waals surface area (Å²) in [6.45, 7) is 7.46. The fourth-order valence-corrected chi connectivity index (χ4v) is 5.80. The third kappa shape index (κ3) is 4.73. The van der Waals surface area contributed by atoms with E-state index in [0.29, 0.717) is 5.25 Å². The van der Waals surface area contributed by atoms with Crippen LogP contribution in [0.15, 0.2) is 52.3 Å². The number of thiazole rings is 1. The minimum absolute atomic E-state index is 0.125. The zero-order valence-corrected chi connectivity index (χ0v) is 19.4. The molecule has 1 aliphatic heterocycles. The number of thioether (sulfide) groups is 2. The molecule has 0 saturated carbocycles. The van der Waals surface area contributed by atoms with Crippen molar-refractivity contribution in [2.24, 2.45) is 0 Å². The zero-order valence-electron chi connectivity index (χ0n) is 16.9. The highest BCUT2D eigenvalue weighted by molar-refractivity contribution is 8.00. The van der Waals surface area contributed by atoms with Crippen LogP contribution in [0.5, 0.6) is 0 Å². The van der Waals surface area contributed by atoms with Gasteiger partial charge >= 0.3 is 0 Å². The Morgan fingerprint density at radius 2 is 1.72 bits per heavy atom. The summed E-state index contributed by atoms with van der Waals surface area (Å²) < 4.78 is 1.23. The van der Waals surface area contributed by atoms with E-state index < -0.39 is 0 Å². The first-order valence-corrected chi connectivity index (χ1v) is 12.7. The molecule has 0 unspecified atom stereocenters. The van der Waals surface area contributed by atoms with Crippen LogP contribution in [0, 0.1) is 0 Å². The van der Waals surface area contributed by atoms with Crippen molar-refractivity contribution in [3.63, 3.8) is 0 Å². The van der Waals surface area contributed by atoms with Crippen LogP contribution in [0.2, 0.25) is 0 Å². The van der Waals surface area contributed by atoms with Gasteiger partial charge < -0.3 is 9.80 Å². The molecule has 1 fully saturated rings. The second-order valence-corrected chi connectivity index (χ2v) is 10.8. The summed E-state index contributed by atoms with van der Waals surface area (Å²) in [5.74, 6) is 0.125. The van der Waals surface area contributed by atoms with E-state index in [-0.39, 0.29) is 5.91 Å². The molecule has 0 N–H and O–H groups in total. The third-order valence-electron chi connectivity index (χ3n) is 4.89. The predicted molar refractivity (Wildman–Crippen MR) is 127 cm³/mol. The number of carbonyl (C=O) groups is 1. The second kappa shape index (κ2) is 8.98. The lowest BCUT2D eigenvalue weighted by molar-refractivity contribution is 0.0746. The van der Waals surface area contributed by atoms with Gasteiger partial charge in [0.15, 0.2) is 5.13 Å². The van der Waals surface area contributed by atoms with Gasteiger partial charge in [-0.1, -0.05) is 25.2 Å². The van der Waals surface area contributed by atoms with E-state index in [1.165, 1.54) is 14.5 Å². The molecule has 2 heterocycles. The van der Waals surface area contributed by atoms with Crippen LogP contribution in [-0.4, -0.2) is 53.5 Å². The quantitative estimate of drug-likeness (QED) is 0.488. The van der Waals surface area contributed by atoms with Gasteiger partial charge in [0.2, 0.25) is 0 Å². The monoisotopic (exact) mass is 443 g/mol. The van der Waals surface area contributed by atoms with Crippen molar-refractivity contribution in [2.45, 2.75) is 28.9 Å². The molecule has 0 aliphatic carbocycles. The van der Waals surface area contributed by atoms with Crippen molar-refractivity contribution in [3.05, 3.63) is 48.0 Å². The minimum Gasteiger partial charge on any atom is -0.345 e. The molecule has 152 valence electrons. The van der Waals surface area contributed by atoms with Crippen molar-refractivity contribution in [3.8, 4) is 0 Å². The first kappa shape index (κ1) is 20.6. The van der Waals surface area contributed by atoms with Crippen LogP contribution in [0.25, 0.3) is 10.2 Å². The molecule has 29 heavy (non-hydrogen) atoms. The molecular weight excluding hydrogens is 418 g/mol. The van der Waals surface area contributed by atoms with E-state index in [4.69, 9.17) is 4.98 Å². The summed E-state index contributed by atoms with van der Waals surface area (Å²) in [5.41, 5.74) is 1.83. The Kier molecular flexibility index (Phi) is 6.37. The number of amides is 1. The van der Waals surface area contributed by atoms with Crippen molar-refractivity contribution in [1.29, 1.82) is 0 Å². The number of anilines is 1. The molecule has 1 aromatic heterocycles. The molecule has 2 aromatic carbocycles. The van der Waals surface area contributed by atoms with Gasteiger partial charge in [-0.2, -0.15) is 0 Å².